The Kier molecular flexibility index (Phi) is 2.76. The number of rotatable bonds is 2. The maximum atomic E-state index is 11.1. The van der Waals surface area contributed by atoms with E-state index in [0.29, 0.717) is 5.56 Å². The predicted molar refractivity (Wildman–Crippen MR) is 59.7 cm³/mol. The third-order valence-corrected chi connectivity index (χ3v) is 2.78. The summed E-state index contributed by atoms with van der Waals surface area (Å²) >= 11 is 0. The van der Waals surface area contributed by atoms with Gasteiger partial charge >= 0.3 is 18.7 Å². The minimum absolute atomic E-state index is 0.0571. The number of carbonyl (C=O) groups is 2. The van der Waals surface area contributed by atoms with Gasteiger partial charge in [0.05, 0.1) is 11.3 Å². The third-order valence-electron chi connectivity index (χ3n) is 2.78. The number of benzene rings is 1. The Morgan fingerprint density at radius 3 is 2.39 bits per heavy atom. The summed E-state index contributed by atoms with van der Waals surface area (Å²) in [5.74, 6) is -3.19. The fourth-order valence-electron chi connectivity index (χ4n) is 1.94. The number of carboxylic acid groups (broad SMARTS) is 2. The molecule has 1 aromatic carbocycles. The first-order chi connectivity index (χ1) is 8.32. The predicted octanol–water partition coefficient (Wildman–Crippen LogP) is -0.0586. The maximum Gasteiger partial charge on any atom is 0.430 e. The molecule has 8 heteroatoms. The van der Waals surface area contributed by atoms with Crippen LogP contribution in [0.4, 0.5) is 0 Å². The molecule has 1 aromatic rings. The zero-order valence-electron chi connectivity index (χ0n) is 9.16. The van der Waals surface area contributed by atoms with Gasteiger partial charge < -0.3 is 24.9 Å². The zero-order valence-corrected chi connectivity index (χ0v) is 9.16. The maximum absolute atomic E-state index is 11.1. The number of fused-ring (bicyclic) bond motifs is 1. The molecule has 0 aliphatic carbocycles. The van der Waals surface area contributed by atoms with Crippen molar-refractivity contribution in [2.75, 3.05) is 0 Å². The van der Waals surface area contributed by atoms with E-state index in [1.54, 1.807) is 0 Å². The Balaban J connectivity index is 2.66. The largest absolute Gasteiger partial charge is 0.669 e. The fourth-order valence-corrected chi connectivity index (χ4v) is 1.94. The quantitative estimate of drug-likeness (QED) is 0.544. The molecule has 0 aromatic heterocycles. The Labute approximate surface area is 101 Å². The highest BCUT2D eigenvalue weighted by molar-refractivity contribution is 6.59. The van der Waals surface area contributed by atoms with E-state index >= 15 is 0 Å². The molecule has 1 heterocycles. The Hall–Kier alpha value is -2.06. The van der Waals surface area contributed by atoms with E-state index < -0.39 is 29.8 Å². The minimum atomic E-state index is -3.13. The molecular weight excluding hydrogens is 243 g/mol. The van der Waals surface area contributed by atoms with Crippen molar-refractivity contribution >= 4 is 18.7 Å². The van der Waals surface area contributed by atoms with Crippen LogP contribution in [-0.4, -0.2) is 39.0 Å². The Bertz CT molecular complexity index is 537. The van der Waals surface area contributed by atoms with Gasteiger partial charge in [0.2, 0.25) is 0 Å². The van der Waals surface area contributed by atoms with Crippen LogP contribution in [0, 0.1) is 0 Å². The average Bonchev–Trinajstić information content (AvgIpc) is 2.25. The van der Waals surface area contributed by atoms with Crippen LogP contribution in [-0.2, 0) is 6.42 Å². The summed E-state index contributed by atoms with van der Waals surface area (Å²) < 4.78 is 4.83. The van der Waals surface area contributed by atoms with Gasteiger partial charge in [-0.1, -0.05) is 12.4 Å². The van der Waals surface area contributed by atoms with Crippen LogP contribution >= 0.6 is 0 Å². The highest BCUT2D eigenvalue weighted by Gasteiger charge is 2.33. The van der Waals surface area contributed by atoms with Crippen LogP contribution in [0.25, 0.3) is 0 Å². The normalized spacial score (nSPS) is 16.6. The molecule has 0 fully saturated rings. The van der Waals surface area contributed by atoms with Gasteiger partial charge in [0.15, 0.2) is 0 Å². The highest BCUT2D eigenvalue weighted by Crippen LogP contribution is 2.34. The van der Waals surface area contributed by atoms with Crippen LogP contribution < -0.4 is 4.65 Å². The van der Waals surface area contributed by atoms with Crippen LogP contribution in [0.5, 0.6) is 5.75 Å². The lowest BCUT2D eigenvalue weighted by molar-refractivity contribution is 0.0647. The Morgan fingerprint density at radius 1 is 1.17 bits per heavy atom. The summed E-state index contributed by atoms with van der Waals surface area (Å²) in [5, 5.41) is 36.8. The van der Waals surface area contributed by atoms with Crippen molar-refractivity contribution in [3.8, 4) is 5.75 Å². The summed E-state index contributed by atoms with van der Waals surface area (Å²) in [6, 6.07) is 2.58. The lowest BCUT2D eigenvalue weighted by atomic mass is 9.70. The summed E-state index contributed by atoms with van der Waals surface area (Å²) in [6.45, 7) is -3.13. The summed E-state index contributed by atoms with van der Waals surface area (Å²) in [6.07, 6.45) is 0.154. The SMILES string of the molecule is O=C(O)c1ccc2c(c1C(=O)O)O[B-](O)(O)CC2. The van der Waals surface area contributed by atoms with E-state index in [0.717, 1.165) is 0 Å². The van der Waals surface area contributed by atoms with Crippen molar-refractivity contribution in [1.29, 1.82) is 0 Å². The van der Waals surface area contributed by atoms with Gasteiger partial charge in [-0.3, -0.25) is 0 Å². The second kappa shape index (κ2) is 4.00. The third kappa shape index (κ3) is 2.03. The molecule has 0 saturated heterocycles. The van der Waals surface area contributed by atoms with Crippen molar-refractivity contribution in [1.82, 2.24) is 0 Å². The molecule has 2 rings (SSSR count). The van der Waals surface area contributed by atoms with Crippen LogP contribution in [0.3, 0.4) is 0 Å². The van der Waals surface area contributed by atoms with Gasteiger partial charge in [-0.15, -0.1) is 0 Å². The monoisotopic (exact) mass is 253 g/mol. The molecule has 0 radical (unpaired) electrons. The molecule has 0 unspecified atom stereocenters. The average molecular weight is 253 g/mol. The van der Waals surface area contributed by atoms with Crippen molar-refractivity contribution in [2.24, 2.45) is 0 Å². The van der Waals surface area contributed by atoms with E-state index in [4.69, 9.17) is 14.9 Å². The van der Waals surface area contributed by atoms with Gasteiger partial charge in [-0.2, -0.15) is 0 Å². The van der Waals surface area contributed by atoms with Crippen LogP contribution in [0.1, 0.15) is 26.3 Å². The first-order valence-corrected chi connectivity index (χ1v) is 5.23. The van der Waals surface area contributed by atoms with E-state index in [2.05, 4.69) is 0 Å². The Morgan fingerprint density at radius 2 is 1.83 bits per heavy atom. The molecule has 0 amide bonds. The smallest absolute Gasteiger partial charge is 0.430 e. The number of hydrogen-bond acceptors (Lipinski definition) is 5. The number of carboxylic acids is 2. The first kappa shape index (κ1) is 12.4. The summed E-state index contributed by atoms with van der Waals surface area (Å²) in [7, 11) is 0. The van der Waals surface area contributed by atoms with Gasteiger partial charge in [-0.05, 0) is 18.1 Å². The summed E-state index contributed by atoms with van der Waals surface area (Å²) in [4.78, 5) is 22.0. The second-order valence-electron chi connectivity index (χ2n) is 4.10. The topological polar surface area (TPSA) is 124 Å². The van der Waals surface area contributed by atoms with Crippen molar-refractivity contribution in [3.05, 3.63) is 28.8 Å². The standard InChI is InChI=1S/C10H10BO7/c12-9(13)6-2-1-5-3-4-11(16,17)18-8(5)7(6)10(14)15/h1-2,16-17H,3-4H2,(H,12,13)(H,14,15)/q-1. The van der Waals surface area contributed by atoms with E-state index in [-0.39, 0.29) is 18.5 Å². The van der Waals surface area contributed by atoms with Gasteiger partial charge in [0.1, 0.15) is 5.56 Å². The molecule has 0 atom stereocenters. The van der Waals surface area contributed by atoms with E-state index in [1.807, 2.05) is 0 Å². The molecule has 0 bridgehead atoms. The number of aryl methyl sites for hydroxylation is 1. The van der Waals surface area contributed by atoms with Crippen LogP contribution in [0.2, 0.25) is 6.32 Å². The molecule has 18 heavy (non-hydrogen) atoms. The van der Waals surface area contributed by atoms with Crippen LogP contribution in [0.15, 0.2) is 12.1 Å². The lowest BCUT2D eigenvalue weighted by Gasteiger charge is -2.37. The fraction of sp³-hybridized carbons (Fsp3) is 0.200. The number of hydrogen-bond donors (Lipinski definition) is 4. The lowest BCUT2D eigenvalue weighted by Crippen LogP contribution is -2.45. The van der Waals surface area contributed by atoms with Gasteiger partial charge in [0, 0.05) is 0 Å². The second-order valence-corrected chi connectivity index (χ2v) is 4.10. The summed E-state index contributed by atoms with van der Waals surface area (Å²) in [5.41, 5.74) is -0.568. The molecule has 1 aliphatic heterocycles. The molecule has 1 aliphatic rings. The minimum Gasteiger partial charge on any atom is -0.669 e. The molecular formula is C10H10BO7-. The van der Waals surface area contributed by atoms with Crippen molar-refractivity contribution in [3.63, 3.8) is 0 Å². The first-order valence-electron chi connectivity index (χ1n) is 5.23. The highest BCUT2D eigenvalue weighted by atomic mass is 16.6. The molecule has 7 nitrogen and oxygen atoms in total. The molecule has 96 valence electrons. The van der Waals surface area contributed by atoms with Crippen molar-refractivity contribution in [2.45, 2.75) is 12.7 Å². The molecule has 0 spiro atoms. The van der Waals surface area contributed by atoms with Gasteiger partial charge in [-0.25, -0.2) is 9.59 Å². The molecule has 0 saturated carbocycles. The van der Waals surface area contributed by atoms with E-state index in [9.17, 15) is 19.6 Å². The molecule has 4 N–H and O–H groups in total. The number of aromatic carboxylic acids is 2. The zero-order chi connectivity index (χ0) is 13.5. The van der Waals surface area contributed by atoms with Crippen molar-refractivity contribution < 1.29 is 34.5 Å². The van der Waals surface area contributed by atoms with E-state index in [1.165, 1.54) is 12.1 Å². The van der Waals surface area contributed by atoms with Gasteiger partial charge in [0.25, 0.3) is 0 Å².